The minimum Gasteiger partial charge on any atom is -0.497 e. The highest BCUT2D eigenvalue weighted by atomic mass is 35.5. The van der Waals surface area contributed by atoms with Gasteiger partial charge in [0.15, 0.2) is 0 Å². The predicted octanol–water partition coefficient (Wildman–Crippen LogP) is 2.93. The van der Waals surface area contributed by atoms with Gasteiger partial charge in [0.25, 0.3) is 0 Å². The number of hydrogen-bond donors (Lipinski definition) is 1. The van der Waals surface area contributed by atoms with Crippen LogP contribution in [0.3, 0.4) is 0 Å². The number of nitrogens with zero attached hydrogens (tertiary/aromatic N) is 2. The fourth-order valence-corrected chi connectivity index (χ4v) is 4.46. The van der Waals surface area contributed by atoms with Gasteiger partial charge in [0.1, 0.15) is 18.3 Å². The number of hydrogen-bond acceptors (Lipinski definition) is 5. The normalized spacial score (nSPS) is 12.1. The number of halogens is 2. The van der Waals surface area contributed by atoms with Gasteiger partial charge in [0.2, 0.25) is 21.8 Å². The van der Waals surface area contributed by atoms with Crippen LogP contribution in [0.5, 0.6) is 5.75 Å². The van der Waals surface area contributed by atoms with Gasteiger partial charge >= 0.3 is 0 Å². The molecule has 32 heavy (non-hydrogen) atoms. The van der Waals surface area contributed by atoms with E-state index in [2.05, 4.69) is 5.32 Å². The summed E-state index contributed by atoms with van der Waals surface area (Å²) < 4.78 is 31.1. The fraction of sp³-hybridized carbons (Fsp3) is 0.333. The van der Waals surface area contributed by atoms with Crippen molar-refractivity contribution in [2.45, 2.75) is 19.5 Å². The van der Waals surface area contributed by atoms with Gasteiger partial charge in [-0.2, -0.15) is 0 Å². The molecule has 0 radical (unpaired) electrons. The fourth-order valence-electron chi connectivity index (χ4n) is 3.04. The quantitative estimate of drug-likeness (QED) is 0.569. The number of ether oxygens (including phenoxy) is 1. The maximum atomic E-state index is 13.3. The summed E-state index contributed by atoms with van der Waals surface area (Å²) in [5.74, 6) is -0.384. The number of rotatable bonds is 9. The van der Waals surface area contributed by atoms with Crippen LogP contribution < -0.4 is 14.4 Å². The molecule has 1 N–H and O–H groups in total. The number of sulfonamides is 1. The third kappa shape index (κ3) is 6.51. The molecule has 11 heteroatoms. The molecule has 0 aliphatic rings. The molecule has 0 unspecified atom stereocenters. The minimum atomic E-state index is -3.88. The Hall–Kier alpha value is -2.49. The van der Waals surface area contributed by atoms with E-state index in [0.29, 0.717) is 16.3 Å². The summed E-state index contributed by atoms with van der Waals surface area (Å²) in [6.07, 6.45) is 0.972. The molecule has 2 rings (SSSR count). The van der Waals surface area contributed by atoms with Crippen molar-refractivity contribution in [3.63, 3.8) is 0 Å². The van der Waals surface area contributed by atoms with E-state index in [1.807, 2.05) is 0 Å². The van der Waals surface area contributed by atoms with E-state index in [1.165, 1.54) is 37.3 Å². The van der Waals surface area contributed by atoms with Crippen molar-refractivity contribution < 1.29 is 22.7 Å². The first-order chi connectivity index (χ1) is 15.0. The Balaban J connectivity index is 2.42. The van der Waals surface area contributed by atoms with E-state index in [4.69, 9.17) is 27.9 Å². The van der Waals surface area contributed by atoms with Crippen LogP contribution in [-0.2, 0) is 26.2 Å². The summed E-state index contributed by atoms with van der Waals surface area (Å²) in [6.45, 7) is 1.08. The van der Waals surface area contributed by atoms with E-state index >= 15 is 0 Å². The molecule has 0 spiro atoms. The van der Waals surface area contributed by atoms with Crippen LogP contribution in [0, 0.1) is 0 Å². The zero-order valence-electron chi connectivity index (χ0n) is 18.1. The van der Waals surface area contributed by atoms with Gasteiger partial charge in [0, 0.05) is 18.6 Å². The lowest BCUT2D eigenvalue weighted by Gasteiger charge is -2.31. The molecule has 0 saturated carbocycles. The van der Waals surface area contributed by atoms with E-state index in [1.54, 1.807) is 31.2 Å². The van der Waals surface area contributed by atoms with Crippen molar-refractivity contribution in [3.8, 4) is 5.75 Å². The highest BCUT2D eigenvalue weighted by Crippen LogP contribution is 2.30. The topological polar surface area (TPSA) is 96.0 Å². The number of methoxy groups -OCH3 is 1. The van der Waals surface area contributed by atoms with Crippen LogP contribution in [0.15, 0.2) is 42.5 Å². The Morgan fingerprint density at radius 1 is 1.16 bits per heavy atom. The third-order valence-corrected chi connectivity index (χ3v) is 6.42. The maximum Gasteiger partial charge on any atom is 0.244 e. The van der Waals surface area contributed by atoms with Crippen LogP contribution in [0.25, 0.3) is 0 Å². The van der Waals surface area contributed by atoms with Gasteiger partial charge in [-0.25, -0.2) is 8.42 Å². The van der Waals surface area contributed by atoms with Crippen molar-refractivity contribution in [1.29, 1.82) is 0 Å². The molecule has 0 aliphatic heterocycles. The van der Waals surface area contributed by atoms with Crippen molar-refractivity contribution in [1.82, 2.24) is 10.2 Å². The monoisotopic (exact) mass is 501 g/mol. The molecule has 2 amide bonds. The van der Waals surface area contributed by atoms with E-state index in [9.17, 15) is 18.0 Å². The summed E-state index contributed by atoms with van der Waals surface area (Å²) in [6, 6.07) is 10.5. The van der Waals surface area contributed by atoms with Crippen LogP contribution in [0.4, 0.5) is 5.69 Å². The van der Waals surface area contributed by atoms with Gasteiger partial charge in [-0.1, -0.05) is 35.3 Å². The summed E-state index contributed by atoms with van der Waals surface area (Å²) in [7, 11) is -0.895. The molecule has 0 fully saturated rings. The van der Waals surface area contributed by atoms with Crippen molar-refractivity contribution in [2.24, 2.45) is 0 Å². The highest BCUT2D eigenvalue weighted by molar-refractivity contribution is 7.92. The van der Waals surface area contributed by atoms with E-state index < -0.39 is 34.4 Å². The largest absolute Gasteiger partial charge is 0.497 e. The zero-order chi connectivity index (χ0) is 24.1. The lowest BCUT2D eigenvalue weighted by Crippen LogP contribution is -2.50. The Labute approximate surface area is 198 Å². The molecule has 2 aromatic rings. The third-order valence-electron chi connectivity index (χ3n) is 4.76. The van der Waals surface area contributed by atoms with Crippen LogP contribution in [-0.4, -0.2) is 58.1 Å². The summed E-state index contributed by atoms with van der Waals surface area (Å²) >= 11 is 12.1. The second-order valence-corrected chi connectivity index (χ2v) is 9.78. The predicted molar refractivity (Wildman–Crippen MR) is 126 cm³/mol. The van der Waals surface area contributed by atoms with Gasteiger partial charge in [0.05, 0.1) is 24.1 Å². The molecule has 8 nitrogen and oxygen atoms in total. The summed E-state index contributed by atoms with van der Waals surface area (Å²) in [5.41, 5.74) is 0.824. The molecule has 0 aromatic heterocycles. The summed E-state index contributed by atoms with van der Waals surface area (Å²) in [4.78, 5) is 26.9. The SMILES string of the molecule is CNC(=O)[C@@H](C)N(Cc1cccc(OC)c1)C(=O)CN(c1ccc(Cl)cc1Cl)S(C)(=O)=O. The lowest BCUT2D eigenvalue weighted by molar-refractivity contribution is -0.139. The number of nitrogens with one attached hydrogen (secondary N) is 1. The Morgan fingerprint density at radius 2 is 1.84 bits per heavy atom. The number of amides is 2. The number of benzene rings is 2. The summed E-state index contributed by atoms with van der Waals surface area (Å²) in [5, 5.41) is 2.92. The Bertz CT molecular complexity index is 1090. The molecule has 0 saturated heterocycles. The minimum absolute atomic E-state index is 0.0660. The second-order valence-electron chi connectivity index (χ2n) is 7.03. The van der Waals surface area contributed by atoms with Gasteiger partial charge in [-0.15, -0.1) is 0 Å². The van der Waals surface area contributed by atoms with Gasteiger partial charge in [-0.3, -0.25) is 13.9 Å². The average Bonchev–Trinajstić information content (AvgIpc) is 2.74. The smallest absolute Gasteiger partial charge is 0.244 e. The molecule has 0 aliphatic carbocycles. The maximum absolute atomic E-state index is 13.3. The molecule has 0 heterocycles. The Kier molecular flexibility index (Phi) is 8.77. The average molecular weight is 502 g/mol. The molecule has 1 atom stereocenters. The number of carbonyl (C=O) groups excluding carboxylic acids is 2. The second kappa shape index (κ2) is 10.9. The van der Waals surface area contributed by atoms with Gasteiger partial charge in [-0.05, 0) is 42.8 Å². The molecule has 174 valence electrons. The highest BCUT2D eigenvalue weighted by Gasteiger charge is 2.30. The van der Waals surface area contributed by atoms with E-state index in [-0.39, 0.29) is 17.3 Å². The number of anilines is 1. The van der Waals surface area contributed by atoms with Crippen LogP contribution >= 0.6 is 23.2 Å². The van der Waals surface area contributed by atoms with Crippen molar-refractivity contribution >= 4 is 50.7 Å². The lowest BCUT2D eigenvalue weighted by atomic mass is 10.1. The van der Waals surface area contributed by atoms with E-state index in [0.717, 1.165) is 10.6 Å². The first-order valence-electron chi connectivity index (χ1n) is 9.54. The number of likely N-dealkylation sites (N-methyl/N-ethyl adjacent to an activating group) is 1. The van der Waals surface area contributed by atoms with Crippen molar-refractivity contribution in [2.75, 3.05) is 31.3 Å². The zero-order valence-corrected chi connectivity index (χ0v) is 20.5. The molecular weight excluding hydrogens is 477 g/mol. The van der Waals surface area contributed by atoms with Crippen LogP contribution in [0.1, 0.15) is 12.5 Å². The van der Waals surface area contributed by atoms with Gasteiger partial charge < -0.3 is 15.0 Å². The van der Waals surface area contributed by atoms with Crippen molar-refractivity contribution in [3.05, 3.63) is 58.1 Å². The van der Waals surface area contributed by atoms with Crippen LogP contribution in [0.2, 0.25) is 10.0 Å². The molecule has 0 bridgehead atoms. The standard InChI is InChI=1S/C21H25Cl2N3O5S/c1-14(21(28)24-2)25(12-15-6-5-7-17(10-15)31-3)20(27)13-26(32(4,29)30)19-9-8-16(22)11-18(19)23/h5-11,14H,12-13H2,1-4H3,(H,24,28)/t14-/m1/s1. The number of carbonyl (C=O) groups is 2. The molecular formula is C21H25Cl2N3O5S. The molecule has 2 aromatic carbocycles. The first-order valence-corrected chi connectivity index (χ1v) is 12.1. The first kappa shape index (κ1) is 25.8. The Morgan fingerprint density at radius 3 is 2.41 bits per heavy atom.